The average Bonchev–Trinajstić information content (AvgIpc) is 2.82. The van der Waals surface area contributed by atoms with Crippen molar-refractivity contribution in [2.75, 3.05) is 19.8 Å². The number of rotatable bonds is 7. The highest BCUT2D eigenvalue weighted by atomic mass is 32.1. The third kappa shape index (κ3) is 4.29. The Hall–Kier alpha value is -1.43. The standard InChI is InChI=1S/C17H23NO3S/c1-11(2)9-21-10-13(19)8-18-17(20)16-12(3)14-6-4-5-7-15(14)22-16/h4-7,11,13,19H,8-10H2,1-3H3,(H,18,20). The lowest BCUT2D eigenvalue weighted by Gasteiger charge is -2.13. The summed E-state index contributed by atoms with van der Waals surface area (Å²) in [6.45, 7) is 7.11. The lowest BCUT2D eigenvalue weighted by Crippen LogP contribution is -2.34. The molecule has 1 amide bonds. The fourth-order valence-corrected chi connectivity index (χ4v) is 3.31. The molecule has 5 heteroatoms. The van der Waals surface area contributed by atoms with Gasteiger partial charge in [-0.3, -0.25) is 4.79 Å². The topological polar surface area (TPSA) is 58.6 Å². The summed E-state index contributed by atoms with van der Waals surface area (Å²) in [4.78, 5) is 13.0. The summed E-state index contributed by atoms with van der Waals surface area (Å²) < 4.78 is 6.47. The summed E-state index contributed by atoms with van der Waals surface area (Å²) in [5.41, 5.74) is 0.989. The van der Waals surface area contributed by atoms with Gasteiger partial charge in [0.15, 0.2) is 0 Å². The van der Waals surface area contributed by atoms with Crippen molar-refractivity contribution in [3.8, 4) is 0 Å². The molecule has 1 atom stereocenters. The van der Waals surface area contributed by atoms with E-state index in [0.717, 1.165) is 15.6 Å². The molecular formula is C17H23NO3S. The average molecular weight is 321 g/mol. The second-order valence-corrected chi connectivity index (χ2v) is 6.90. The number of aryl methyl sites for hydroxylation is 1. The maximum absolute atomic E-state index is 12.3. The van der Waals surface area contributed by atoms with E-state index >= 15 is 0 Å². The maximum Gasteiger partial charge on any atom is 0.261 e. The van der Waals surface area contributed by atoms with Gasteiger partial charge in [0.25, 0.3) is 5.91 Å². The third-order valence-corrected chi connectivity index (χ3v) is 4.58. The number of hydrogen-bond donors (Lipinski definition) is 2. The van der Waals surface area contributed by atoms with Gasteiger partial charge in [-0.1, -0.05) is 32.0 Å². The molecule has 22 heavy (non-hydrogen) atoms. The van der Waals surface area contributed by atoms with Crippen LogP contribution in [-0.4, -0.2) is 36.9 Å². The van der Waals surface area contributed by atoms with Crippen molar-refractivity contribution in [3.05, 3.63) is 34.7 Å². The van der Waals surface area contributed by atoms with Crippen LogP contribution in [0.4, 0.5) is 0 Å². The van der Waals surface area contributed by atoms with Gasteiger partial charge in [0, 0.05) is 17.9 Å². The van der Waals surface area contributed by atoms with Crippen LogP contribution in [0.5, 0.6) is 0 Å². The molecule has 0 aliphatic heterocycles. The minimum atomic E-state index is -0.683. The Morgan fingerprint density at radius 1 is 1.32 bits per heavy atom. The number of carbonyl (C=O) groups excluding carboxylic acids is 1. The fraction of sp³-hybridized carbons (Fsp3) is 0.471. The Bertz CT molecular complexity index is 636. The van der Waals surface area contributed by atoms with E-state index in [2.05, 4.69) is 19.2 Å². The van der Waals surface area contributed by atoms with E-state index in [-0.39, 0.29) is 19.1 Å². The largest absolute Gasteiger partial charge is 0.389 e. The first-order chi connectivity index (χ1) is 10.5. The molecule has 0 aliphatic carbocycles. The predicted molar refractivity (Wildman–Crippen MR) is 90.6 cm³/mol. The van der Waals surface area contributed by atoms with Crippen LogP contribution in [0.1, 0.15) is 29.1 Å². The number of thiophene rings is 1. The zero-order valence-corrected chi connectivity index (χ0v) is 14.1. The molecule has 0 radical (unpaired) electrons. The minimum absolute atomic E-state index is 0.137. The molecule has 0 saturated heterocycles. The Labute approximate surface area is 135 Å². The highest BCUT2D eigenvalue weighted by molar-refractivity contribution is 7.21. The van der Waals surface area contributed by atoms with E-state index in [0.29, 0.717) is 17.4 Å². The van der Waals surface area contributed by atoms with Gasteiger partial charge in [-0.15, -0.1) is 11.3 Å². The molecule has 2 aromatic rings. The molecule has 1 aromatic heterocycles. The van der Waals surface area contributed by atoms with Crippen LogP contribution < -0.4 is 5.32 Å². The normalized spacial score (nSPS) is 12.8. The van der Waals surface area contributed by atoms with E-state index in [1.54, 1.807) is 0 Å². The Morgan fingerprint density at radius 3 is 2.73 bits per heavy atom. The van der Waals surface area contributed by atoms with Crippen LogP contribution >= 0.6 is 11.3 Å². The number of nitrogens with one attached hydrogen (secondary N) is 1. The Kier molecular flexibility index (Phi) is 5.94. The molecule has 0 saturated carbocycles. The van der Waals surface area contributed by atoms with E-state index in [1.807, 2.05) is 31.2 Å². The first kappa shape index (κ1) is 16.9. The zero-order chi connectivity index (χ0) is 16.1. The van der Waals surface area contributed by atoms with Crippen molar-refractivity contribution in [2.24, 2.45) is 5.92 Å². The van der Waals surface area contributed by atoms with E-state index in [9.17, 15) is 9.90 Å². The van der Waals surface area contributed by atoms with Gasteiger partial charge in [0.1, 0.15) is 0 Å². The molecule has 1 unspecified atom stereocenters. The first-order valence-corrected chi connectivity index (χ1v) is 8.32. The first-order valence-electron chi connectivity index (χ1n) is 7.51. The Morgan fingerprint density at radius 2 is 2.05 bits per heavy atom. The summed E-state index contributed by atoms with van der Waals surface area (Å²) in [7, 11) is 0. The highest BCUT2D eigenvalue weighted by Crippen LogP contribution is 2.30. The van der Waals surface area contributed by atoms with Gasteiger partial charge in [0.05, 0.1) is 17.6 Å². The molecule has 0 bridgehead atoms. The predicted octanol–water partition coefficient (Wildman–Crippen LogP) is 2.97. The monoisotopic (exact) mass is 321 g/mol. The van der Waals surface area contributed by atoms with Crippen molar-refractivity contribution in [1.29, 1.82) is 0 Å². The molecule has 2 N–H and O–H groups in total. The van der Waals surface area contributed by atoms with Crippen molar-refractivity contribution in [2.45, 2.75) is 26.9 Å². The molecule has 0 fully saturated rings. The number of amides is 1. The van der Waals surface area contributed by atoms with E-state index in [4.69, 9.17) is 4.74 Å². The van der Waals surface area contributed by atoms with E-state index in [1.165, 1.54) is 11.3 Å². The molecule has 1 aromatic carbocycles. The van der Waals surface area contributed by atoms with E-state index < -0.39 is 6.10 Å². The third-order valence-electron chi connectivity index (χ3n) is 3.31. The number of aliphatic hydroxyl groups excluding tert-OH is 1. The second kappa shape index (κ2) is 7.72. The number of aliphatic hydroxyl groups is 1. The smallest absolute Gasteiger partial charge is 0.261 e. The lowest BCUT2D eigenvalue weighted by molar-refractivity contribution is 0.0259. The number of hydrogen-bond acceptors (Lipinski definition) is 4. The van der Waals surface area contributed by atoms with Crippen LogP contribution in [0.25, 0.3) is 10.1 Å². The molecule has 2 rings (SSSR count). The Balaban J connectivity index is 1.90. The number of ether oxygens (including phenoxy) is 1. The summed E-state index contributed by atoms with van der Waals surface area (Å²) >= 11 is 1.48. The summed E-state index contributed by atoms with van der Waals surface area (Å²) in [5.74, 6) is 0.296. The molecule has 4 nitrogen and oxygen atoms in total. The highest BCUT2D eigenvalue weighted by Gasteiger charge is 2.16. The van der Waals surface area contributed by atoms with Crippen LogP contribution in [0.3, 0.4) is 0 Å². The molecule has 1 heterocycles. The minimum Gasteiger partial charge on any atom is -0.389 e. The van der Waals surface area contributed by atoms with Crippen LogP contribution in [0.15, 0.2) is 24.3 Å². The maximum atomic E-state index is 12.3. The van der Waals surface area contributed by atoms with Gasteiger partial charge >= 0.3 is 0 Å². The number of carbonyl (C=O) groups is 1. The second-order valence-electron chi connectivity index (χ2n) is 5.85. The van der Waals surface area contributed by atoms with Gasteiger partial charge < -0.3 is 15.2 Å². The van der Waals surface area contributed by atoms with Gasteiger partial charge in [-0.25, -0.2) is 0 Å². The van der Waals surface area contributed by atoms with Gasteiger partial charge in [-0.05, 0) is 29.9 Å². The fourth-order valence-electron chi connectivity index (χ4n) is 2.18. The van der Waals surface area contributed by atoms with Crippen molar-refractivity contribution in [3.63, 3.8) is 0 Å². The summed E-state index contributed by atoms with van der Waals surface area (Å²) in [5, 5.41) is 13.7. The van der Waals surface area contributed by atoms with Crippen LogP contribution in [0.2, 0.25) is 0 Å². The quantitative estimate of drug-likeness (QED) is 0.824. The lowest BCUT2D eigenvalue weighted by atomic mass is 10.1. The molecular weight excluding hydrogens is 298 g/mol. The summed E-state index contributed by atoms with van der Waals surface area (Å²) in [6, 6.07) is 7.97. The van der Waals surface area contributed by atoms with Crippen molar-refractivity contribution < 1.29 is 14.6 Å². The number of fused-ring (bicyclic) bond motifs is 1. The number of benzene rings is 1. The SMILES string of the molecule is Cc1c(C(=O)NCC(O)COCC(C)C)sc2ccccc12. The van der Waals surface area contributed by atoms with Gasteiger partial charge in [0.2, 0.25) is 0 Å². The molecule has 120 valence electrons. The van der Waals surface area contributed by atoms with Crippen molar-refractivity contribution in [1.82, 2.24) is 5.32 Å². The van der Waals surface area contributed by atoms with Gasteiger partial charge in [-0.2, -0.15) is 0 Å². The van der Waals surface area contributed by atoms with Crippen molar-refractivity contribution >= 4 is 27.3 Å². The summed E-state index contributed by atoms with van der Waals surface area (Å²) in [6.07, 6.45) is -0.683. The van der Waals surface area contributed by atoms with Crippen LogP contribution in [0, 0.1) is 12.8 Å². The molecule has 0 spiro atoms. The molecule has 0 aliphatic rings. The van der Waals surface area contributed by atoms with Crippen LogP contribution in [-0.2, 0) is 4.74 Å². The zero-order valence-electron chi connectivity index (χ0n) is 13.3.